The fourth-order valence-corrected chi connectivity index (χ4v) is 4.07. The monoisotopic (exact) mass is 416 g/mol. The van der Waals surface area contributed by atoms with Gasteiger partial charge in [0, 0.05) is 24.4 Å². The topological polar surface area (TPSA) is 65.4 Å². The van der Waals surface area contributed by atoms with Crippen molar-refractivity contribution in [2.24, 2.45) is 0 Å². The summed E-state index contributed by atoms with van der Waals surface area (Å²) in [5.74, 6) is 0.209. The lowest BCUT2D eigenvalue weighted by molar-refractivity contribution is 0.633. The van der Waals surface area contributed by atoms with Crippen molar-refractivity contribution in [1.29, 1.82) is 10.5 Å². The predicted octanol–water partition coefficient (Wildman–Crippen LogP) is 5.83. The van der Waals surface area contributed by atoms with Gasteiger partial charge in [-0.05, 0) is 60.2 Å². The Kier molecular flexibility index (Phi) is 6.75. The Bertz CT molecular complexity index is 1170. The van der Waals surface area contributed by atoms with Crippen molar-refractivity contribution in [3.05, 3.63) is 125 Å². The number of hydrogen-bond acceptors (Lipinski definition) is 3. The molecule has 0 aliphatic heterocycles. The minimum absolute atomic E-state index is 0.209. The van der Waals surface area contributed by atoms with E-state index in [9.17, 15) is 0 Å². The van der Waals surface area contributed by atoms with Crippen molar-refractivity contribution < 1.29 is 0 Å². The van der Waals surface area contributed by atoms with Crippen LogP contribution in [0.4, 0.5) is 0 Å². The molecule has 0 atom stereocenters. The van der Waals surface area contributed by atoms with Gasteiger partial charge in [-0.25, -0.2) is 4.98 Å². The van der Waals surface area contributed by atoms with E-state index in [1.807, 2.05) is 67.1 Å². The molecule has 4 rings (SSSR count). The Hall–Kier alpha value is -4.15. The number of benzene rings is 3. The standard InChI is InChI=1S/C28H24N4/c29-17-22-9-13-25(14-10-22)28(26-15-11-23(18-30)12-16-26)8-4-7-27-19-31-21-32(27)20-24-5-2-1-3-6-24/h1-3,5-6,9-16,19,21,28H,4,7-8,20H2. The Morgan fingerprint density at radius 1 is 0.781 bits per heavy atom. The molecule has 0 unspecified atom stereocenters. The fraction of sp³-hybridized carbons (Fsp3) is 0.179. The second kappa shape index (κ2) is 10.2. The van der Waals surface area contributed by atoms with Gasteiger partial charge >= 0.3 is 0 Å². The molecule has 1 heterocycles. The molecule has 4 nitrogen and oxygen atoms in total. The molecule has 156 valence electrons. The van der Waals surface area contributed by atoms with Crippen LogP contribution in [0.1, 0.15) is 52.3 Å². The minimum atomic E-state index is 0.209. The van der Waals surface area contributed by atoms with Crippen LogP contribution in [0.3, 0.4) is 0 Å². The van der Waals surface area contributed by atoms with Gasteiger partial charge in [-0.1, -0.05) is 54.6 Å². The third-order valence-corrected chi connectivity index (χ3v) is 5.80. The molecule has 3 aromatic carbocycles. The molecular formula is C28H24N4. The second-order valence-electron chi connectivity index (χ2n) is 7.91. The maximum atomic E-state index is 9.13. The highest BCUT2D eigenvalue weighted by molar-refractivity contribution is 5.40. The quantitative estimate of drug-likeness (QED) is 0.363. The molecule has 0 bridgehead atoms. The van der Waals surface area contributed by atoms with Gasteiger partial charge in [0.05, 0.1) is 29.6 Å². The third kappa shape index (κ3) is 5.12. The van der Waals surface area contributed by atoms with E-state index in [2.05, 4.69) is 46.0 Å². The minimum Gasteiger partial charge on any atom is -0.330 e. The van der Waals surface area contributed by atoms with Crippen LogP contribution in [-0.4, -0.2) is 9.55 Å². The molecule has 0 aliphatic carbocycles. The second-order valence-corrected chi connectivity index (χ2v) is 7.91. The van der Waals surface area contributed by atoms with Gasteiger partial charge in [0.2, 0.25) is 0 Å². The largest absolute Gasteiger partial charge is 0.330 e. The molecule has 0 aliphatic rings. The molecule has 0 saturated heterocycles. The normalized spacial score (nSPS) is 10.6. The van der Waals surface area contributed by atoms with E-state index in [1.165, 1.54) is 22.4 Å². The number of aromatic nitrogens is 2. The van der Waals surface area contributed by atoms with Crippen LogP contribution >= 0.6 is 0 Å². The molecule has 32 heavy (non-hydrogen) atoms. The van der Waals surface area contributed by atoms with Crippen LogP contribution in [0.2, 0.25) is 0 Å². The van der Waals surface area contributed by atoms with Crippen molar-refractivity contribution in [2.45, 2.75) is 31.7 Å². The molecule has 0 amide bonds. The van der Waals surface area contributed by atoms with E-state index < -0.39 is 0 Å². The van der Waals surface area contributed by atoms with Gasteiger partial charge in [0.15, 0.2) is 0 Å². The van der Waals surface area contributed by atoms with Gasteiger partial charge in [-0.15, -0.1) is 0 Å². The zero-order chi connectivity index (χ0) is 22.2. The molecule has 0 radical (unpaired) electrons. The van der Waals surface area contributed by atoms with Crippen LogP contribution in [-0.2, 0) is 13.0 Å². The fourth-order valence-electron chi connectivity index (χ4n) is 4.07. The van der Waals surface area contributed by atoms with Crippen LogP contribution in [0, 0.1) is 22.7 Å². The summed E-state index contributed by atoms with van der Waals surface area (Å²) in [4.78, 5) is 4.37. The molecule has 1 aromatic heterocycles. The highest BCUT2D eigenvalue weighted by atomic mass is 15.0. The summed E-state index contributed by atoms with van der Waals surface area (Å²) < 4.78 is 2.22. The number of rotatable bonds is 8. The van der Waals surface area contributed by atoms with Gasteiger partial charge in [0.1, 0.15) is 0 Å². The highest BCUT2D eigenvalue weighted by Gasteiger charge is 2.15. The zero-order valence-electron chi connectivity index (χ0n) is 17.9. The Morgan fingerprint density at radius 3 is 1.94 bits per heavy atom. The summed E-state index contributed by atoms with van der Waals surface area (Å²) in [6, 6.07) is 30.5. The number of hydrogen-bond donors (Lipinski definition) is 0. The number of imidazole rings is 1. The van der Waals surface area contributed by atoms with E-state index >= 15 is 0 Å². The van der Waals surface area contributed by atoms with E-state index in [0.717, 1.165) is 25.8 Å². The first kappa shape index (κ1) is 21.1. The highest BCUT2D eigenvalue weighted by Crippen LogP contribution is 2.30. The van der Waals surface area contributed by atoms with Gasteiger partial charge < -0.3 is 4.57 Å². The maximum Gasteiger partial charge on any atom is 0.0991 e. The molecular weight excluding hydrogens is 392 g/mol. The van der Waals surface area contributed by atoms with E-state index in [-0.39, 0.29) is 5.92 Å². The Balaban J connectivity index is 1.49. The van der Waals surface area contributed by atoms with Crippen molar-refractivity contribution in [2.75, 3.05) is 0 Å². The maximum absolute atomic E-state index is 9.13. The van der Waals surface area contributed by atoms with E-state index in [1.54, 1.807) is 0 Å². The molecule has 4 aromatic rings. The number of nitrogens with zero attached hydrogens (tertiary/aromatic N) is 4. The Morgan fingerprint density at radius 2 is 1.38 bits per heavy atom. The SMILES string of the molecule is N#Cc1ccc(C(CCCc2cncn2Cc2ccccc2)c2ccc(C#N)cc2)cc1. The first-order chi connectivity index (χ1) is 15.8. The van der Waals surface area contributed by atoms with Gasteiger partial charge in [-0.3, -0.25) is 0 Å². The average molecular weight is 417 g/mol. The lowest BCUT2D eigenvalue weighted by Crippen LogP contribution is -2.06. The molecule has 0 spiro atoms. The number of nitriles is 2. The molecule has 0 fully saturated rings. The summed E-state index contributed by atoms with van der Waals surface area (Å²) in [6.07, 6.45) is 6.78. The average Bonchev–Trinajstić information content (AvgIpc) is 3.29. The summed E-state index contributed by atoms with van der Waals surface area (Å²) in [5.41, 5.74) is 6.19. The Labute approximate surface area is 189 Å². The van der Waals surface area contributed by atoms with E-state index in [4.69, 9.17) is 10.5 Å². The number of aryl methyl sites for hydroxylation is 1. The zero-order valence-corrected chi connectivity index (χ0v) is 17.9. The van der Waals surface area contributed by atoms with Crippen molar-refractivity contribution >= 4 is 0 Å². The van der Waals surface area contributed by atoms with Gasteiger partial charge in [-0.2, -0.15) is 10.5 Å². The summed E-state index contributed by atoms with van der Waals surface area (Å²) in [6.45, 7) is 0.824. The van der Waals surface area contributed by atoms with Crippen LogP contribution in [0.15, 0.2) is 91.4 Å². The molecule has 0 saturated carbocycles. The summed E-state index contributed by atoms with van der Waals surface area (Å²) in [7, 11) is 0. The first-order valence-electron chi connectivity index (χ1n) is 10.8. The van der Waals surface area contributed by atoms with Crippen LogP contribution < -0.4 is 0 Å². The molecule has 4 heteroatoms. The smallest absolute Gasteiger partial charge is 0.0991 e. The van der Waals surface area contributed by atoms with Crippen molar-refractivity contribution in [3.8, 4) is 12.1 Å². The van der Waals surface area contributed by atoms with Crippen molar-refractivity contribution in [1.82, 2.24) is 9.55 Å². The lowest BCUT2D eigenvalue weighted by atomic mass is 9.86. The third-order valence-electron chi connectivity index (χ3n) is 5.80. The summed E-state index contributed by atoms with van der Waals surface area (Å²) in [5, 5.41) is 18.3. The van der Waals surface area contributed by atoms with Crippen molar-refractivity contribution in [3.63, 3.8) is 0 Å². The van der Waals surface area contributed by atoms with Crippen LogP contribution in [0.25, 0.3) is 0 Å². The molecule has 0 N–H and O–H groups in total. The van der Waals surface area contributed by atoms with Crippen LogP contribution in [0.5, 0.6) is 0 Å². The summed E-state index contributed by atoms with van der Waals surface area (Å²) >= 11 is 0. The van der Waals surface area contributed by atoms with E-state index in [0.29, 0.717) is 11.1 Å². The lowest BCUT2D eigenvalue weighted by Gasteiger charge is -2.19. The van der Waals surface area contributed by atoms with Gasteiger partial charge in [0.25, 0.3) is 0 Å². The first-order valence-corrected chi connectivity index (χ1v) is 10.8. The predicted molar refractivity (Wildman–Crippen MR) is 125 cm³/mol.